The second-order valence-electron chi connectivity index (χ2n) is 5.20. The summed E-state index contributed by atoms with van der Waals surface area (Å²) in [5.74, 6) is 2.15. The highest BCUT2D eigenvalue weighted by Gasteiger charge is 2.20. The van der Waals surface area contributed by atoms with Crippen molar-refractivity contribution >= 4 is 23.6 Å². The van der Waals surface area contributed by atoms with Crippen molar-refractivity contribution in [2.45, 2.75) is 13.3 Å². The maximum atomic E-state index is 12.3. The average molecular weight is 310 g/mol. The number of benzene rings is 1. The first-order valence-corrected chi connectivity index (χ1v) is 7.41. The molecular weight excluding hydrogens is 290 g/mol. The second-order valence-corrected chi connectivity index (χ2v) is 5.51. The molecule has 0 saturated heterocycles. The smallest absolute Gasteiger partial charge is 0.230 e. The molecule has 0 radical (unpaired) electrons. The van der Waals surface area contributed by atoms with Gasteiger partial charge in [0.25, 0.3) is 0 Å². The fourth-order valence-corrected chi connectivity index (χ4v) is 2.41. The number of halogens is 1. The average Bonchev–Trinajstić information content (AvgIpc) is 2.64. The summed E-state index contributed by atoms with van der Waals surface area (Å²) in [6.07, 6.45) is 4.10. The van der Waals surface area contributed by atoms with Crippen molar-refractivity contribution in [2.24, 2.45) is 5.92 Å². The number of rotatable bonds is 5. The molecule has 5 heteroatoms. The Labute approximate surface area is 130 Å². The zero-order valence-corrected chi connectivity index (χ0v) is 13.3. The molecule has 114 valence electrons. The van der Waals surface area contributed by atoms with Crippen LogP contribution < -0.4 is 9.47 Å². The van der Waals surface area contributed by atoms with Crippen LogP contribution in [0.15, 0.2) is 18.3 Å². The molecule has 21 heavy (non-hydrogen) atoms. The highest BCUT2D eigenvalue weighted by atomic mass is 35.5. The van der Waals surface area contributed by atoms with E-state index in [2.05, 4.69) is 0 Å². The summed E-state index contributed by atoms with van der Waals surface area (Å²) in [6, 6.07) is 3.76. The first-order chi connectivity index (χ1) is 10.1. The molecule has 0 saturated carbocycles. The lowest BCUT2D eigenvalue weighted by atomic mass is 10.0. The van der Waals surface area contributed by atoms with Crippen molar-refractivity contribution in [2.75, 3.05) is 26.6 Å². The van der Waals surface area contributed by atoms with Gasteiger partial charge < -0.3 is 14.4 Å². The number of ether oxygens (including phenoxy) is 2. The number of alkyl halides is 1. The van der Waals surface area contributed by atoms with Crippen LogP contribution in [-0.4, -0.2) is 37.5 Å². The van der Waals surface area contributed by atoms with Crippen LogP contribution in [0.25, 0.3) is 6.08 Å². The molecule has 0 aromatic heterocycles. The van der Waals surface area contributed by atoms with Crippen LogP contribution >= 0.6 is 11.6 Å². The molecular formula is C16H20ClNO3. The van der Waals surface area contributed by atoms with Crippen molar-refractivity contribution in [1.82, 2.24) is 4.90 Å². The summed E-state index contributed by atoms with van der Waals surface area (Å²) >= 11 is 5.83. The summed E-state index contributed by atoms with van der Waals surface area (Å²) in [4.78, 5) is 14.1. The van der Waals surface area contributed by atoms with Gasteiger partial charge in [0.05, 0.1) is 20.6 Å². The molecule has 0 bridgehead atoms. The summed E-state index contributed by atoms with van der Waals surface area (Å²) in [7, 11) is 3.19. The van der Waals surface area contributed by atoms with Crippen molar-refractivity contribution in [3.8, 4) is 11.5 Å². The molecule has 0 N–H and O–H groups in total. The van der Waals surface area contributed by atoms with Crippen LogP contribution in [0.5, 0.6) is 11.5 Å². The molecule has 0 aliphatic carbocycles. The lowest BCUT2D eigenvalue weighted by Gasteiger charge is -2.20. The molecule has 1 aliphatic rings. The number of hydrogen-bond acceptors (Lipinski definition) is 3. The van der Waals surface area contributed by atoms with Crippen LogP contribution in [0.3, 0.4) is 0 Å². The van der Waals surface area contributed by atoms with Crippen LogP contribution in [0.4, 0.5) is 0 Å². The van der Waals surface area contributed by atoms with E-state index in [9.17, 15) is 4.79 Å². The van der Waals surface area contributed by atoms with E-state index < -0.39 is 0 Å². The van der Waals surface area contributed by atoms with Crippen molar-refractivity contribution in [3.05, 3.63) is 29.5 Å². The second kappa shape index (κ2) is 6.85. The van der Waals surface area contributed by atoms with Gasteiger partial charge in [-0.05, 0) is 35.3 Å². The highest BCUT2D eigenvalue weighted by molar-refractivity contribution is 6.18. The minimum atomic E-state index is 0.0641. The van der Waals surface area contributed by atoms with Crippen LogP contribution in [0, 0.1) is 5.92 Å². The van der Waals surface area contributed by atoms with Gasteiger partial charge in [0.15, 0.2) is 11.5 Å². The van der Waals surface area contributed by atoms with Gasteiger partial charge in [-0.2, -0.15) is 0 Å². The molecule has 4 nitrogen and oxygen atoms in total. The summed E-state index contributed by atoms with van der Waals surface area (Å²) < 4.78 is 10.6. The standard InChI is InChI=1S/C16H20ClNO3/c1-11(9-17)10-18-5-4-12-6-14(20-2)15(21-3)7-13(12)8-16(18)19/h4-7,11H,8-10H2,1-3H3. The highest BCUT2D eigenvalue weighted by Crippen LogP contribution is 2.32. The molecule has 2 rings (SSSR count). The normalized spacial score (nSPS) is 15.4. The number of methoxy groups -OCH3 is 2. The number of amides is 1. The molecule has 1 heterocycles. The molecule has 1 atom stereocenters. The Bertz CT molecular complexity index is 557. The third-order valence-electron chi connectivity index (χ3n) is 3.51. The zero-order chi connectivity index (χ0) is 15.4. The predicted octanol–water partition coefficient (Wildman–Crippen LogP) is 2.93. The van der Waals surface area contributed by atoms with Crippen LogP contribution in [0.2, 0.25) is 0 Å². The molecule has 1 aromatic carbocycles. The topological polar surface area (TPSA) is 38.8 Å². The molecule has 1 unspecified atom stereocenters. The summed E-state index contributed by atoms with van der Waals surface area (Å²) in [6.45, 7) is 2.65. The van der Waals surface area contributed by atoms with E-state index in [-0.39, 0.29) is 11.8 Å². The zero-order valence-electron chi connectivity index (χ0n) is 12.6. The third kappa shape index (κ3) is 3.50. The molecule has 1 amide bonds. The Kier molecular flexibility index (Phi) is 5.12. The number of carbonyl (C=O) groups excluding carboxylic acids is 1. The Morgan fingerprint density at radius 2 is 1.95 bits per heavy atom. The quantitative estimate of drug-likeness (QED) is 0.785. The van der Waals surface area contributed by atoms with E-state index in [1.807, 2.05) is 31.3 Å². The molecule has 1 aromatic rings. The van der Waals surface area contributed by atoms with E-state index in [1.165, 1.54) is 0 Å². The fourth-order valence-electron chi connectivity index (χ4n) is 2.31. The maximum absolute atomic E-state index is 12.3. The van der Waals surface area contributed by atoms with Crippen LogP contribution in [0.1, 0.15) is 18.1 Å². The molecule has 0 spiro atoms. The largest absolute Gasteiger partial charge is 0.493 e. The lowest BCUT2D eigenvalue weighted by molar-refractivity contribution is -0.128. The Morgan fingerprint density at radius 1 is 1.29 bits per heavy atom. The van der Waals surface area contributed by atoms with Gasteiger partial charge in [0.1, 0.15) is 0 Å². The molecule has 0 fully saturated rings. The minimum Gasteiger partial charge on any atom is -0.493 e. The van der Waals surface area contributed by atoms with Crippen molar-refractivity contribution < 1.29 is 14.3 Å². The first kappa shape index (κ1) is 15.7. The SMILES string of the molecule is COc1cc2c(cc1OC)CC(=O)N(CC(C)CCl)C=C2. The summed E-state index contributed by atoms with van der Waals surface area (Å²) in [5, 5.41) is 0. The molecule has 1 aliphatic heterocycles. The number of carbonyl (C=O) groups is 1. The maximum Gasteiger partial charge on any atom is 0.230 e. The lowest BCUT2D eigenvalue weighted by Crippen LogP contribution is -2.31. The number of nitrogens with zero attached hydrogens (tertiary/aromatic N) is 1. The minimum absolute atomic E-state index is 0.0641. The van der Waals surface area contributed by atoms with E-state index in [1.54, 1.807) is 19.1 Å². The third-order valence-corrected chi connectivity index (χ3v) is 4.04. The van der Waals surface area contributed by atoms with Gasteiger partial charge in [0.2, 0.25) is 5.91 Å². The number of fused-ring (bicyclic) bond motifs is 1. The Hall–Kier alpha value is -1.68. The van der Waals surface area contributed by atoms with Gasteiger partial charge in [-0.25, -0.2) is 0 Å². The van der Waals surface area contributed by atoms with Crippen molar-refractivity contribution in [1.29, 1.82) is 0 Å². The van der Waals surface area contributed by atoms with Gasteiger partial charge in [0, 0.05) is 18.6 Å². The van der Waals surface area contributed by atoms with E-state index >= 15 is 0 Å². The number of hydrogen-bond donors (Lipinski definition) is 0. The van der Waals surface area contributed by atoms with Gasteiger partial charge >= 0.3 is 0 Å². The van der Waals surface area contributed by atoms with Gasteiger partial charge in [-0.15, -0.1) is 11.6 Å². The van der Waals surface area contributed by atoms with Gasteiger partial charge in [-0.3, -0.25) is 4.79 Å². The van der Waals surface area contributed by atoms with Crippen molar-refractivity contribution in [3.63, 3.8) is 0 Å². The van der Waals surface area contributed by atoms with E-state index in [0.29, 0.717) is 30.3 Å². The summed E-state index contributed by atoms with van der Waals surface area (Å²) in [5.41, 5.74) is 1.91. The monoisotopic (exact) mass is 309 g/mol. The van der Waals surface area contributed by atoms with Crippen LogP contribution in [-0.2, 0) is 11.2 Å². The Morgan fingerprint density at radius 3 is 2.57 bits per heavy atom. The van der Waals surface area contributed by atoms with E-state index in [0.717, 1.165) is 11.1 Å². The fraction of sp³-hybridized carbons (Fsp3) is 0.438. The van der Waals surface area contributed by atoms with Gasteiger partial charge in [-0.1, -0.05) is 6.92 Å². The van der Waals surface area contributed by atoms with E-state index in [4.69, 9.17) is 21.1 Å². The Balaban J connectivity index is 2.31. The first-order valence-electron chi connectivity index (χ1n) is 6.87. The predicted molar refractivity (Wildman–Crippen MR) is 83.9 cm³/mol.